The predicted octanol–water partition coefficient (Wildman–Crippen LogP) is 0.359. The van der Waals surface area contributed by atoms with Gasteiger partial charge >= 0.3 is 5.97 Å². The lowest BCUT2D eigenvalue weighted by Crippen LogP contribution is -2.43. The number of hydrogen-bond donors (Lipinski definition) is 0. The summed E-state index contributed by atoms with van der Waals surface area (Å²) in [6, 6.07) is 0. The number of esters is 1. The van der Waals surface area contributed by atoms with Crippen molar-refractivity contribution in [3.8, 4) is 0 Å². The Bertz CT molecular complexity index is 390. The van der Waals surface area contributed by atoms with Gasteiger partial charge in [0.05, 0.1) is 7.11 Å². The van der Waals surface area contributed by atoms with E-state index >= 15 is 0 Å². The molecule has 0 aliphatic carbocycles. The molecule has 3 fully saturated rings. The van der Waals surface area contributed by atoms with E-state index in [0.717, 1.165) is 0 Å². The average molecular weight is 256 g/mol. The van der Waals surface area contributed by atoms with E-state index in [4.69, 9.17) is 18.9 Å². The Morgan fingerprint density at radius 3 is 2.61 bits per heavy atom. The zero-order chi connectivity index (χ0) is 12.9. The van der Waals surface area contributed by atoms with Crippen molar-refractivity contribution in [2.45, 2.75) is 50.3 Å². The zero-order valence-electron chi connectivity index (χ0n) is 10.5. The Balaban J connectivity index is 1.70. The first-order valence-electron chi connectivity index (χ1n) is 5.93. The van der Waals surface area contributed by atoms with Crippen molar-refractivity contribution in [3.63, 3.8) is 0 Å². The van der Waals surface area contributed by atoms with Crippen molar-refractivity contribution in [3.05, 3.63) is 12.2 Å². The second-order valence-corrected chi connectivity index (χ2v) is 5.02. The van der Waals surface area contributed by atoms with Crippen LogP contribution < -0.4 is 0 Å². The van der Waals surface area contributed by atoms with Gasteiger partial charge in [0.1, 0.15) is 24.4 Å². The van der Waals surface area contributed by atoms with Crippen molar-refractivity contribution in [1.29, 1.82) is 0 Å². The van der Waals surface area contributed by atoms with E-state index in [1.54, 1.807) is 6.08 Å². The molecule has 6 nitrogen and oxygen atoms in total. The van der Waals surface area contributed by atoms with Crippen molar-refractivity contribution in [1.82, 2.24) is 0 Å². The minimum Gasteiger partial charge on any atom is -0.466 e. The van der Waals surface area contributed by atoms with E-state index in [1.165, 1.54) is 13.2 Å². The van der Waals surface area contributed by atoms with Gasteiger partial charge in [-0.05, 0) is 19.9 Å². The number of carbonyl (C=O) groups is 1. The maximum absolute atomic E-state index is 11.0. The zero-order valence-corrected chi connectivity index (χ0v) is 10.5. The van der Waals surface area contributed by atoms with Gasteiger partial charge in [0, 0.05) is 6.08 Å². The maximum atomic E-state index is 11.0. The first kappa shape index (κ1) is 12.1. The van der Waals surface area contributed by atoms with Crippen LogP contribution in [-0.4, -0.2) is 49.6 Å². The molecule has 0 aromatic carbocycles. The van der Waals surface area contributed by atoms with E-state index < -0.39 is 18.0 Å². The molecule has 0 N–H and O–H groups in total. The Morgan fingerprint density at radius 1 is 1.17 bits per heavy atom. The van der Waals surface area contributed by atoms with Gasteiger partial charge in [-0.15, -0.1) is 0 Å². The normalized spacial score (nSPS) is 44.5. The molecule has 3 saturated heterocycles. The molecule has 3 rings (SSSR count). The molecule has 100 valence electrons. The topological polar surface area (TPSA) is 63.2 Å². The lowest BCUT2D eigenvalue weighted by Gasteiger charge is -2.23. The SMILES string of the molecule is COC(=O)/C=C/[C@H]1O[C@@H]2O[C@H]1[C@H]1OC(C)(C)O[C@@H]21. The van der Waals surface area contributed by atoms with E-state index in [9.17, 15) is 4.79 Å². The van der Waals surface area contributed by atoms with Gasteiger partial charge in [0.2, 0.25) is 0 Å². The lowest BCUT2D eigenvalue weighted by atomic mass is 10.0. The quantitative estimate of drug-likeness (QED) is 0.525. The highest BCUT2D eigenvalue weighted by atomic mass is 16.8. The van der Waals surface area contributed by atoms with Crippen molar-refractivity contribution in [2.75, 3.05) is 7.11 Å². The Labute approximate surface area is 105 Å². The molecule has 0 amide bonds. The van der Waals surface area contributed by atoms with Crippen LogP contribution in [0, 0.1) is 0 Å². The fraction of sp³-hybridized carbons (Fsp3) is 0.750. The molecule has 0 aromatic heterocycles. The van der Waals surface area contributed by atoms with Crippen LogP contribution in [0.3, 0.4) is 0 Å². The number of ether oxygens (including phenoxy) is 5. The van der Waals surface area contributed by atoms with Gasteiger partial charge in [0.25, 0.3) is 0 Å². The average Bonchev–Trinajstić information content (AvgIpc) is 2.93. The van der Waals surface area contributed by atoms with Gasteiger partial charge in [-0.1, -0.05) is 0 Å². The molecule has 2 bridgehead atoms. The molecule has 6 heteroatoms. The molecule has 3 aliphatic rings. The highest BCUT2D eigenvalue weighted by Crippen LogP contribution is 2.45. The molecule has 0 saturated carbocycles. The van der Waals surface area contributed by atoms with E-state index in [2.05, 4.69) is 4.74 Å². The highest BCUT2D eigenvalue weighted by Gasteiger charge is 2.62. The fourth-order valence-corrected chi connectivity index (χ4v) is 2.59. The summed E-state index contributed by atoms with van der Waals surface area (Å²) >= 11 is 0. The summed E-state index contributed by atoms with van der Waals surface area (Å²) in [5.41, 5.74) is 0. The Kier molecular flexibility index (Phi) is 2.71. The van der Waals surface area contributed by atoms with Crippen molar-refractivity contribution >= 4 is 5.97 Å². The highest BCUT2D eigenvalue weighted by molar-refractivity contribution is 5.81. The van der Waals surface area contributed by atoms with Crippen LogP contribution in [0.2, 0.25) is 0 Å². The first-order valence-corrected chi connectivity index (χ1v) is 5.93. The standard InChI is InChI=1S/C12H16O6/c1-12(2)17-9-8-6(4-5-7(13)14-3)15-11(16-8)10(9)18-12/h4-6,8-11H,1-3H3/b5-4+/t6-,8-,9-,10-,11-/m1/s1. The van der Waals surface area contributed by atoms with Crippen LogP contribution in [0.1, 0.15) is 13.8 Å². The van der Waals surface area contributed by atoms with Gasteiger partial charge in [-0.25, -0.2) is 4.79 Å². The van der Waals surface area contributed by atoms with Crippen LogP contribution in [0.5, 0.6) is 0 Å². The van der Waals surface area contributed by atoms with Crippen LogP contribution in [0.15, 0.2) is 12.2 Å². The van der Waals surface area contributed by atoms with Gasteiger partial charge in [0.15, 0.2) is 12.1 Å². The third kappa shape index (κ3) is 1.85. The van der Waals surface area contributed by atoms with Gasteiger partial charge < -0.3 is 23.7 Å². The molecule has 0 unspecified atom stereocenters. The molecule has 3 heterocycles. The molecular formula is C12H16O6. The summed E-state index contributed by atoms with van der Waals surface area (Å²) in [5.74, 6) is -1.03. The smallest absolute Gasteiger partial charge is 0.330 e. The van der Waals surface area contributed by atoms with Crippen LogP contribution in [-0.2, 0) is 28.5 Å². The molecule has 5 atom stereocenters. The second-order valence-electron chi connectivity index (χ2n) is 5.02. The van der Waals surface area contributed by atoms with E-state index in [0.29, 0.717) is 0 Å². The number of fused-ring (bicyclic) bond motifs is 5. The summed E-state index contributed by atoms with van der Waals surface area (Å²) in [7, 11) is 1.33. The predicted molar refractivity (Wildman–Crippen MR) is 58.5 cm³/mol. The summed E-state index contributed by atoms with van der Waals surface area (Å²) in [4.78, 5) is 11.0. The summed E-state index contributed by atoms with van der Waals surface area (Å²) in [5, 5.41) is 0. The molecule has 3 aliphatic heterocycles. The fourth-order valence-electron chi connectivity index (χ4n) is 2.59. The lowest BCUT2D eigenvalue weighted by molar-refractivity contribution is -0.193. The second kappa shape index (κ2) is 4.03. The first-order chi connectivity index (χ1) is 8.50. The third-order valence-electron chi connectivity index (χ3n) is 3.29. The van der Waals surface area contributed by atoms with Crippen molar-refractivity contribution in [2.24, 2.45) is 0 Å². The Morgan fingerprint density at radius 2 is 1.89 bits per heavy atom. The maximum Gasteiger partial charge on any atom is 0.330 e. The number of hydrogen-bond acceptors (Lipinski definition) is 6. The monoisotopic (exact) mass is 256 g/mol. The van der Waals surface area contributed by atoms with Crippen LogP contribution in [0.4, 0.5) is 0 Å². The van der Waals surface area contributed by atoms with Crippen LogP contribution in [0.25, 0.3) is 0 Å². The molecule has 18 heavy (non-hydrogen) atoms. The van der Waals surface area contributed by atoms with E-state index in [-0.39, 0.29) is 24.4 Å². The molecular weight excluding hydrogens is 240 g/mol. The number of carbonyl (C=O) groups excluding carboxylic acids is 1. The number of rotatable bonds is 2. The summed E-state index contributed by atoms with van der Waals surface area (Å²) in [6.45, 7) is 3.73. The minimum atomic E-state index is -0.611. The van der Waals surface area contributed by atoms with Crippen LogP contribution >= 0.6 is 0 Å². The summed E-state index contributed by atoms with van der Waals surface area (Å²) in [6.07, 6.45) is 1.69. The molecule has 0 radical (unpaired) electrons. The third-order valence-corrected chi connectivity index (χ3v) is 3.29. The van der Waals surface area contributed by atoms with Gasteiger partial charge in [-0.2, -0.15) is 0 Å². The molecule has 0 aromatic rings. The summed E-state index contributed by atoms with van der Waals surface area (Å²) < 4.78 is 27.3. The molecule has 0 spiro atoms. The Hall–Kier alpha value is -0.950. The van der Waals surface area contributed by atoms with E-state index in [1.807, 2.05) is 13.8 Å². The van der Waals surface area contributed by atoms with Crippen molar-refractivity contribution < 1.29 is 28.5 Å². The minimum absolute atomic E-state index is 0.147. The number of methoxy groups -OCH3 is 1. The van der Waals surface area contributed by atoms with Gasteiger partial charge in [-0.3, -0.25) is 0 Å². The largest absolute Gasteiger partial charge is 0.466 e.